The molecule has 0 unspecified atom stereocenters. The van der Waals surface area contributed by atoms with Gasteiger partial charge in [-0.15, -0.1) is 10.2 Å². The van der Waals surface area contributed by atoms with Gasteiger partial charge in [0.1, 0.15) is 0 Å². The van der Waals surface area contributed by atoms with Crippen molar-refractivity contribution in [2.24, 2.45) is 7.05 Å². The summed E-state index contributed by atoms with van der Waals surface area (Å²) in [6, 6.07) is 9.46. The fourth-order valence-electron chi connectivity index (χ4n) is 2.16. The van der Waals surface area contributed by atoms with Crippen molar-refractivity contribution in [3.63, 3.8) is 0 Å². The van der Waals surface area contributed by atoms with Crippen LogP contribution in [0.3, 0.4) is 0 Å². The molecule has 130 valence electrons. The van der Waals surface area contributed by atoms with E-state index < -0.39 is 9.84 Å². The predicted octanol–water partition coefficient (Wildman–Crippen LogP) is 2.45. The molecule has 0 saturated heterocycles. The van der Waals surface area contributed by atoms with Crippen molar-refractivity contribution in [2.45, 2.75) is 10.1 Å². The number of nitrogens with zero attached hydrogens (tertiary/aromatic N) is 3. The van der Waals surface area contributed by atoms with Crippen LogP contribution in [0.25, 0.3) is 11.6 Å². The topological polar surface area (TPSA) is 95.1 Å². The first-order valence-electron chi connectivity index (χ1n) is 7.25. The molecule has 0 aliphatic heterocycles. The largest absolute Gasteiger partial charge is 0.461 e. The zero-order valence-electron chi connectivity index (χ0n) is 13.5. The first kappa shape index (κ1) is 17.4. The predicted molar refractivity (Wildman–Crippen MR) is 93.3 cm³/mol. The fraction of sp³-hybridized carbons (Fsp3) is 0.188. The quantitative estimate of drug-likeness (QED) is 0.481. The standard InChI is InChI=1S/C16H15N3O4S2/c1-19-15(14-4-3-9-23-14)17-18-16(19)24-10-13(20)11-5-7-12(8-6-11)25(2,21)22/h3-9H,10H2,1-2H3. The molecule has 0 saturated carbocycles. The van der Waals surface area contributed by atoms with Crippen LogP contribution in [0.15, 0.2) is 57.1 Å². The van der Waals surface area contributed by atoms with Crippen molar-refractivity contribution >= 4 is 27.4 Å². The van der Waals surface area contributed by atoms with Crippen molar-refractivity contribution in [2.75, 3.05) is 12.0 Å². The summed E-state index contributed by atoms with van der Waals surface area (Å²) >= 11 is 1.26. The molecule has 0 radical (unpaired) electrons. The van der Waals surface area contributed by atoms with Gasteiger partial charge in [-0.2, -0.15) is 0 Å². The van der Waals surface area contributed by atoms with Crippen LogP contribution >= 0.6 is 11.8 Å². The highest BCUT2D eigenvalue weighted by molar-refractivity contribution is 7.99. The van der Waals surface area contributed by atoms with E-state index in [1.807, 2.05) is 0 Å². The first-order chi connectivity index (χ1) is 11.9. The Morgan fingerprint density at radius 1 is 1.20 bits per heavy atom. The molecule has 25 heavy (non-hydrogen) atoms. The van der Waals surface area contributed by atoms with Crippen LogP contribution in [0.2, 0.25) is 0 Å². The Labute approximate surface area is 149 Å². The van der Waals surface area contributed by atoms with Gasteiger partial charge in [0, 0.05) is 18.9 Å². The first-order valence-corrected chi connectivity index (χ1v) is 10.1. The number of thioether (sulfide) groups is 1. The summed E-state index contributed by atoms with van der Waals surface area (Å²) < 4.78 is 29.9. The Kier molecular flexibility index (Phi) is 4.78. The van der Waals surface area contributed by atoms with Crippen LogP contribution in [0.5, 0.6) is 0 Å². The number of Topliss-reactive ketones (excluding diaryl/α,β-unsaturated/α-hetero) is 1. The summed E-state index contributed by atoms with van der Waals surface area (Å²) in [5.41, 5.74) is 0.452. The number of benzene rings is 1. The number of sulfone groups is 1. The Morgan fingerprint density at radius 2 is 1.92 bits per heavy atom. The minimum atomic E-state index is -3.27. The smallest absolute Gasteiger partial charge is 0.200 e. The number of ketones is 1. The second-order valence-electron chi connectivity index (χ2n) is 5.35. The molecule has 0 aliphatic carbocycles. The van der Waals surface area contributed by atoms with Crippen molar-refractivity contribution < 1.29 is 17.6 Å². The number of carbonyl (C=O) groups excluding carboxylic acids is 1. The summed E-state index contributed by atoms with van der Waals surface area (Å²) in [7, 11) is -1.47. The number of rotatable bonds is 6. The lowest BCUT2D eigenvalue weighted by atomic mass is 10.1. The van der Waals surface area contributed by atoms with E-state index in [0.717, 1.165) is 6.26 Å². The van der Waals surface area contributed by atoms with Gasteiger partial charge in [-0.1, -0.05) is 23.9 Å². The van der Waals surface area contributed by atoms with E-state index in [0.29, 0.717) is 22.3 Å². The van der Waals surface area contributed by atoms with E-state index in [1.165, 1.54) is 36.0 Å². The molecular weight excluding hydrogens is 362 g/mol. The SMILES string of the molecule is Cn1c(SCC(=O)c2ccc(S(C)(=O)=O)cc2)nnc1-c1ccco1. The Hall–Kier alpha value is -2.39. The van der Waals surface area contributed by atoms with Crippen LogP contribution in [-0.2, 0) is 16.9 Å². The molecule has 7 nitrogen and oxygen atoms in total. The highest BCUT2D eigenvalue weighted by Crippen LogP contribution is 2.23. The molecule has 1 aromatic carbocycles. The Balaban J connectivity index is 1.69. The van der Waals surface area contributed by atoms with Gasteiger partial charge in [-0.25, -0.2) is 8.42 Å². The number of carbonyl (C=O) groups is 1. The number of aromatic nitrogens is 3. The van der Waals surface area contributed by atoms with E-state index in [9.17, 15) is 13.2 Å². The Morgan fingerprint density at radius 3 is 2.52 bits per heavy atom. The molecule has 2 aromatic heterocycles. The lowest BCUT2D eigenvalue weighted by Crippen LogP contribution is -2.05. The molecule has 0 amide bonds. The molecule has 0 N–H and O–H groups in total. The van der Waals surface area contributed by atoms with Gasteiger partial charge in [-0.3, -0.25) is 4.79 Å². The number of hydrogen-bond acceptors (Lipinski definition) is 7. The van der Waals surface area contributed by atoms with Crippen LogP contribution in [0.4, 0.5) is 0 Å². The summed E-state index contributed by atoms with van der Waals surface area (Å²) in [6.07, 6.45) is 2.69. The van der Waals surface area contributed by atoms with Crippen LogP contribution < -0.4 is 0 Å². The lowest BCUT2D eigenvalue weighted by Gasteiger charge is -2.03. The van der Waals surface area contributed by atoms with Crippen LogP contribution in [0, 0.1) is 0 Å². The molecule has 0 bridgehead atoms. The van der Waals surface area contributed by atoms with Gasteiger partial charge in [0.15, 0.2) is 32.4 Å². The summed E-state index contributed by atoms with van der Waals surface area (Å²) in [4.78, 5) is 12.5. The highest BCUT2D eigenvalue weighted by Gasteiger charge is 2.15. The maximum atomic E-state index is 12.3. The monoisotopic (exact) mass is 377 g/mol. The minimum Gasteiger partial charge on any atom is -0.461 e. The van der Waals surface area contributed by atoms with Gasteiger partial charge < -0.3 is 8.98 Å². The van der Waals surface area contributed by atoms with Gasteiger partial charge >= 0.3 is 0 Å². The number of hydrogen-bond donors (Lipinski definition) is 0. The van der Waals surface area contributed by atoms with Crippen molar-refractivity contribution in [3.8, 4) is 11.6 Å². The van der Waals surface area contributed by atoms with Crippen LogP contribution in [0.1, 0.15) is 10.4 Å². The third-order valence-corrected chi connectivity index (χ3v) is 5.66. The van der Waals surface area contributed by atoms with Crippen LogP contribution in [-0.4, -0.2) is 41.0 Å². The Bertz CT molecular complexity index is 991. The molecule has 3 rings (SSSR count). The van der Waals surface area contributed by atoms with E-state index >= 15 is 0 Å². The van der Waals surface area contributed by atoms with Crippen molar-refractivity contribution in [1.29, 1.82) is 0 Å². The summed E-state index contributed by atoms with van der Waals surface area (Å²) in [5, 5.41) is 8.73. The molecule has 9 heteroatoms. The number of furan rings is 1. The molecule has 0 fully saturated rings. The van der Waals surface area contributed by atoms with E-state index in [4.69, 9.17) is 4.42 Å². The molecule has 0 spiro atoms. The van der Waals surface area contributed by atoms with Crippen molar-refractivity contribution in [3.05, 3.63) is 48.2 Å². The second-order valence-corrected chi connectivity index (χ2v) is 8.31. The molecule has 2 heterocycles. The lowest BCUT2D eigenvalue weighted by molar-refractivity contribution is 0.102. The third kappa shape index (κ3) is 3.83. The van der Waals surface area contributed by atoms with E-state index in [-0.39, 0.29) is 16.4 Å². The van der Waals surface area contributed by atoms with Gasteiger partial charge in [0.2, 0.25) is 0 Å². The molecular formula is C16H15N3O4S2. The summed E-state index contributed by atoms with van der Waals surface area (Å²) in [6.45, 7) is 0. The zero-order valence-corrected chi connectivity index (χ0v) is 15.2. The van der Waals surface area contributed by atoms with Gasteiger partial charge in [-0.05, 0) is 24.3 Å². The average Bonchev–Trinajstić information content (AvgIpc) is 3.21. The summed E-state index contributed by atoms with van der Waals surface area (Å²) in [5.74, 6) is 1.23. The highest BCUT2D eigenvalue weighted by atomic mass is 32.2. The molecule has 0 atom stereocenters. The van der Waals surface area contributed by atoms with E-state index in [2.05, 4.69) is 10.2 Å². The van der Waals surface area contributed by atoms with Crippen molar-refractivity contribution in [1.82, 2.24) is 14.8 Å². The maximum absolute atomic E-state index is 12.3. The second kappa shape index (κ2) is 6.85. The normalized spacial score (nSPS) is 11.6. The molecule has 0 aliphatic rings. The third-order valence-electron chi connectivity index (χ3n) is 3.51. The van der Waals surface area contributed by atoms with Gasteiger partial charge in [0.05, 0.1) is 16.9 Å². The average molecular weight is 377 g/mol. The van der Waals surface area contributed by atoms with Gasteiger partial charge in [0.25, 0.3) is 0 Å². The van der Waals surface area contributed by atoms with E-state index in [1.54, 1.807) is 30.0 Å². The minimum absolute atomic E-state index is 0.118. The zero-order chi connectivity index (χ0) is 18.0. The fourth-order valence-corrected chi connectivity index (χ4v) is 3.60. The maximum Gasteiger partial charge on any atom is 0.200 e. The molecule has 3 aromatic rings.